The summed E-state index contributed by atoms with van der Waals surface area (Å²) in [6.45, 7) is 0. The minimum Gasteiger partial charge on any atom is -0.502 e. The minimum absolute atomic E-state index is 0.110. The zero-order chi connectivity index (χ0) is 19.1. The number of fused-ring (bicyclic) bond motifs is 1. The highest BCUT2D eigenvalue weighted by Gasteiger charge is 2.35. The van der Waals surface area contributed by atoms with Crippen molar-refractivity contribution in [3.05, 3.63) is 33.6 Å². The lowest BCUT2D eigenvalue weighted by atomic mass is 9.86. The number of carbonyl (C=O) groups excluding carboxylic acids is 1. The molecule has 1 amide bonds. The van der Waals surface area contributed by atoms with Crippen molar-refractivity contribution in [1.29, 1.82) is 0 Å². The minimum atomic E-state index is -0.441. The second kappa shape index (κ2) is 6.68. The van der Waals surface area contributed by atoms with E-state index in [1.165, 1.54) is 14.2 Å². The number of anilines is 1. The van der Waals surface area contributed by atoms with Crippen molar-refractivity contribution in [2.24, 2.45) is 0 Å². The molecular weight excluding hydrogens is 350 g/mol. The third kappa shape index (κ3) is 2.85. The Hall–Kier alpha value is -2.90. The monoisotopic (exact) mass is 373 g/mol. The first-order valence-corrected chi connectivity index (χ1v) is 9.12. The molecule has 0 spiro atoms. The van der Waals surface area contributed by atoms with E-state index in [2.05, 4.69) is 10.4 Å². The van der Waals surface area contributed by atoms with Gasteiger partial charge in [0.05, 0.1) is 25.8 Å². The Morgan fingerprint density at radius 2 is 1.74 bits per heavy atom. The molecule has 3 N–H and O–H groups in total. The Morgan fingerprint density at radius 3 is 2.33 bits per heavy atom. The van der Waals surface area contributed by atoms with Crippen molar-refractivity contribution >= 4 is 11.7 Å². The first-order valence-electron chi connectivity index (χ1n) is 9.12. The van der Waals surface area contributed by atoms with Crippen LogP contribution in [0, 0.1) is 0 Å². The summed E-state index contributed by atoms with van der Waals surface area (Å²) in [5.41, 5.74) is 1.02. The molecule has 0 unspecified atom stereocenters. The van der Waals surface area contributed by atoms with Crippen LogP contribution in [0.3, 0.4) is 0 Å². The summed E-state index contributed by atoms with van der Waals surface area (Å²) in [5.74, 6) is 0.334. The molecule has 1 aromatic carbocycles. The third-order valence-electron chi connectivity index (χ3n) is 5.55. The Morgan fingerprint density at radius 1 is 1.11 bits per heavy atom. The standard InChI is InChI=1S/C19H23N3O5/c1-26-13-7-10(8-14(27-2)17(13)24)12-9-15(23)20-18-16(12)19(25)21-22(18)11-5-3-4-6-11/h7-8,11-12,24H,3-6,9H2,1-2H3,(H,20,23)(H,21,25)/t12-/m0/s1. The number of hydrogen-bond donors (Lipinski definition) is 3. The van der Waals surface area contributed by atoms with E-state index in [0.29, 0.717) is 16.9 Å². The number of phenolic OH excluding ortho intramolecular Hbond substituents is 1. The predicted octanol–water partition coefficient (Wildman–Crippen LogP) is 2.49. The molecule has 2 heterocycles. The second-order valence-corrected chi connectivity index (χ2v) is 7.09. The molecule has 1 aliphatic carbocycles. The van der Waals surface area contributed by atoms with Gasteiger partial charge in [0.15, 0.2) is 11.5 Å². The molecule has 0 bridgehead atoms. The van der Waals surface area contributed by atoms with Gasteiger partial charge < -0.3 is 19.9 Å². The van der Waals surface area contributed by atoms with Crippen molar-refractivity contribution in [3.8, 4) is 17.2 Å². The summed E-state index contributed by atoms with van der Waals surface area (Å²) < 4.78 is 12.3. The van der Waals surface area contributed by atoms with E-state index in [-0.39, 0.29) is 41.2 Å². The lowest BCUT2D eigenvalue weighted by Gasteiger charge is -2.25. The largest absolute Gasteiger partial charge is 0.502 e. The van der Waals surface area contributed by atoms with E-state index in [9.17, 15) is 14.7 Å². The maximum Gasteiger partial charge on any atom is 0.270 e. The Labute approximate surface area is 156 Å². The van der Waals surface area contributed by atoms with Gasteiger partial charge in [-0.05, 0) is 30.5 Å². The van der Waals surface area contributed by atoms with Crippen molar-refractivity contribution in [2.45, 2.75) is 44.1 Å². The fraction of sp³-hybridized carbons (Fsp3) is 0.474. The number of aromatic hydroxyl groups is 1. The van der Waals surface area contributed by atoms with Crippen LogP contribution in [0.25, 0.3) is 0 Å². The number of phenols is 1. The molecule has 8 heteroatoms. The number of nitrogens with zero attached hydrogens (tertiary/aromatic N) is 1. The van der Waals surface area contributed by atoms with E-state index in [0.717, 1.165) is 25.7 Å². The number of benzene rings is 1. The molecule has 1 aliphatic heterocycles. The van der Waals surface area contributed by atoms with Crippen LogP contribution in [0.2, 0.25) is 0 Å². The Bertz CT molecular complexity index is 914. The van der Waals surface area contributed by atoms with E-state index in [4.69, 9.17) is 9.47 Å². The van der Waals surface area contributed by atoms with E-state index in [1.54, 1.807) is 12.1 Å². The average molecular weight is 373 g/mol. The smallest absolute Gasteiger partial charge is 0.270 e. The quantitative estimate of drug-likeness (QED) is 0.764. The third-order valence-corrected chi connectivity index (χ3v) is 5.55. The first kappa shape index (κ1) is 17.5. The van der Waals surface area contributed by atoms with Gasteiger partial charge in [0, 0.05) is 12.3 Å². The molecule has 144 valence electrons. The van der Waals surface area contributed by atoms with Crippen molar-refractivity contribution in [3.63, 3.8) is 0 Å². The number of nitrogens with one attached hydrogen (secondary N) is 2. The molecule has 0 saturated heterocycles. The molecule has 1 atom stereocenters. The molecular formula is C19H23N3O5. The highest BCUT2D eigenvalue weighted by molar-refractivity contribution is 5.94. The van der Waals surface area contributed by atoms with Crippen LogP contribution >= 0.6 is 0 Å². The van der Waals surface area contributed by atoms with Gasteiger partial charge in [-0.3, -0.25) is 19.4 Å². The molecule has 0 radical (unpaired) electrons. The summed E-state index contributed by atoms with van der Waals surface area (Å²) in [5, 5.41) is 16.0. The van der Waals surface area contributed by atoms with Gasteiger partial charge in [-0.15, -0.1) is 0 Å². The van der Waals surface area contributed by atoms with Gasteiger partial charge in [-0.1, -0.05) is 12.8 Å². The highest BCUT2D eigenvalue weighted by Crippen LogP contribution is 2.44. The fourth-order valence-corrected chi connectivity index (χ4v) is 4.22. The van der Waals surface area contributed by atoms with Gasteiger partial charge in [0.1, 0.15) is 5.82 Å². The molecule has 4 rings (SSSR count). The predicted molar refractivity (Wildman–Crippen MR) is 98.9 cm³/mol. The number of methoxy groups -OCH3 is 2. The summed E-state index contributed by atoms with van der Waals surface area (Å²) >= 11 is 0. The van der Waals surface area contributed by atoms with Crippen molar-refractivity contribution < 1.29 is 19.4 Å². The molecule has 27 heavy (non-hydrogen) atoms. The number of carbonyl (C=O) groups is 1. The van der Waals surface area contributed by atoms with Crippen LogP contribution in [0.4, 0.5) is 5.82 Å². The van der Waals surface area contributed by atoms with Gasteiger partial charge in [0.25, 0.3) is 5.56 Å². The number of H-pyrrole nitrogens is 1. The van der Waals surface area contributed by atoms with Gasteiger partial charge in [-0.2, -0.15) is 0 Å². The second-order valence-electron chi connectivity index (χ2n) is 7.09. The van der Waals surface area contributed by atoms with Crippen molar-refractivity contribution in [1.82, 2.24) is 9.78 Å². The van der Waals surface area contributed by atoms with Crippen LogP contribution in [0.5, 0.6) is 17.2 Å². The summed E-state index contributed by atoms with van der Waals surface area (Å²) in [6.07, 6.45) is 4.34. The van der Waals surface area contributed by atoms with Crippen LogP contribution in [0.15, 0.2) is 16.9 Å². The number of ether oxygens (including phenoxy) is 2. The summed E-state index contributed by atoms with van der Waals surface area (Å²) in [6, 6.07) is 3.50. The Kier molecular flexibility index (Phi) is 4.33. The summed E-state index contributed by atoms with van der Waals surface area (Å²) in [7, 11) is 2.89. The number of amides is 1. The lowest BCUT2D eigenvalue weighted by Crippen LogP contribution is -2.27. The normalized spacial score (nSPS) is 19.6. The topological polar surface area (TPSA) is 106 Å². The van der Waals surface area contributed by atoms with Crippen LogP contribution < -0.4 is 20.3 Å². The van der Waals surface area contributed by atoms with E-state index < -0.39 is 5.92 Å². The number of rotatable bonds is 4. The van der Waals surface area contributed by atoms with Crippen molar-refractivity contribution in [2.75, 3.05) is 19.5 Å². The fourth-order valence-electron chi connectivity index (χ4n) is 4.22. The lowest BCUT2D eigenvalue weighted by molar-refractivity contribution is -0.116. The maximum absolute atomic E-state index is 12.8. The van der Waals surface area contributed by atoms with Crippen LogP contribution in [-0.4, -0.2) is 35.0 Å². The maximum atomic E-state index is 12.8. The number of hydrogen-bond acceptors (Lipinski definition) is 5. The first-order chi connectivity index (χ1) is 13.0. The van der Waals surface area contributed by atoms with Crippen LogP contribution in [-0.2, 0) is 4.79 Å². The van der Waals surface area contributed by atoms with E-state index in [1.807, 2.05) is 4.68 Å². The molecule has 8 nitrogen and oxygen atoms in total. The molecule has 1 aromatic heterocycles. The molecule has 1 saturated carbocycles. The van der Waals surface area contributed by atoms with Crippen LogP contribution in [0.1, 0.15) is 55.2 Å². The van der Waals surface area contributed by atoms with Gasteiger partial charge in [0.2, 0.25) is 11.7 Å². The molecule has 1 fully saturated rings. The molecule has 2 aliphatic rings. The highest BCUT2D eigenvalue weighted by atomic mass is 16.5. The average Bonchev–Trinajstić information content (AvgIpc) is 3.29. The molecule has 2 aromatic rings. The Balaban J connectivity index is 1.85. The SMILES string of the molecule is COc1cc([C@@H]2CC(=O)Nc3c2c(=O)[nH]n3C2CCCC2)cc(OC)c1O. The van der Waals surface area contributed by atoms with Gasteiger partial charge in [-0.25, -0.2) is 0 Å². The number of aromatic amines is 1. The zero-order valence-corrected chi connectivity index (χ0v) is 15.4. The van der Waals surface area contributed by atoms with E-state index >= 15 is 0 Å². The number of aromatic nitrogens is 2. The summed E-state index contributed by atoms with van der Waals surface area (Å²) in [4.78, 5) is 25.2. The zero-order valence-electron chi connectivity index (χ0n) is 15.4. The van der Waals surface area contributed by atoms with Gasteiger partial charge >= 0.3 is 0 Å².